The molecular formula is C40H34N2O5. The first-order chi connectivity index (χ1) is 22.9. The highest BCUT2D eigenvalue weighted by Gasteiger charge is 2.32. The van der Waals surface area contributed by atoms with Gasteiger partial charge in [0.05, 0.1) is 12.5 Å². The van der Waals surface area contributed by atoms with Crippen molar-refractivity contribution in [3.8, 4) is 29.1 Å². The van der Waals surface area contributed by atoms with E-state index in [0.717, 1.165) is 22.3 Å². The Kier molecular flexibility index (Phi) is 9.21. The highest BCUT2D eigenvalue weighted by molar-refractivity contribution is 5.84. The number of carbonyl (C=O) groups is 1. The van der Waals surface area contributed by atoms with Gasteiger partial charge in [-0.05, 0) is 54.3 Å². The van der Waals surface area contributed by atoms with E-state index < -0.39 is 17.8 Å². The summed E-state index contributed by atoms with van der Waals surface area (Å²) in [5.41, 5.74) is 11.9. The average molecular weight is 623 g/mol. The second-order valence-electron chi connectivity index (χ2n) is 11.2. The molecule has 0 radical (unpaired) electrons. The normalized spacial score (nSPS) is 13.7. The van der Waals surface area contributed by atoms with Crippen LogP contribution in [0.2, 0.25) is 0 Å². The van der Waals surface area contributed by atoms with Crippen LogP contribution in [0.15, 0.2) is 133 Å². The smallest absolute Gasteiger partial charge is 0.323 e. The van der Waals surface area contributed by atoms with Crippen molar-refractivity contribution in [2.45, 2.75) is 32.3 Å². The molecule has 1 atom stereocenters. The molecule has 5 aromatic rings. The number of nitrogens with two attached hydrogens (primary N) is 1. The number of nitriles is 1. The minimum absolute atomic E-state index is 0.0161. The number of rotatable bonds is 10. The minimum Gasteiger partial charge on any atom is -0.490 e. The molecule has 0 saturated heterocycles. The third kappa shape index (κ3) is 6.82. The number of fused-ring (bicyclic) bond motifs is 1. The van der Waals surface area contributed by atoms with Gasteiger partial charge in [-0.2, -0.15) is 5.26 Å². The molecule has 0 aromatic heterocycles. The van der Waals surface area contributed by atoms with E-state index in [1.807, 2.05) is 117 Å². The predicted octanol–water partition coefficient (Wildman–Crippen LogP) is 7.93. The average Bonchev–Trinajstić information content (AvgIpc) is 3.09. The molecule has 1 unspecified atom stereocenters. The number of hydrogen-bond acceptors (Lipinski definition) is 7. The first-order valence-electron chi connectivity index (χ1n) is 15.4. The van der Waals surface area contributed by atoms with Gasteiger partial charge in [-0.25, -0.2) is 0 Å². The molecule has 1 heterocycles. The van der Waals surface area contributed by atoms with E-state index >= 15 is 0 Å². The summed E-state index contributed by atoms with van der Waals surface area (Å²) in [5.74, 6) is 0.224. The molecule has 0 saturated carbocycles. The lowest BCUT2D eigenvalue weighted by Crippen LogP contribution is -2.22. The van der Waals surface area contributed by atoms with Crippen LogP contribution in [0, 0.1) is 18.3 Å². The number of allylic oxidation sites excluding steroid dienone is 1. The van der Waals surface area contributed by atoms with Gasteiger partial charge in [0.25, 0.3) is 0 Å². The molecule has 6 rings (SSSR count). The largest absolute Gasteiger partial charge is 0.490 e. The Hall–Kier alpha value is -6.00. The van der Waals surface area contributed by atoms with Crippen LogP contribution in [0.5, 0.6) is 23.0 Å². The summed E-state index contributed by atoms with van der Waals surface area (Å²) in [4.78, 5) is 13.7. The Morgan fingerprint density at radius 3 is 2.17 bits per heavy atom. The molecule has 0 bridgehead atoms. The lowest BCUT2D eigenvalue weighted by Gasteiger charge is -2.27. The Labute approximate surface area is 274 Å². The predicted molar refractivity (Wildman–Crippen MR) is 179 cm³/mol. The summed E-state index contributed by atoms with van der Waals surface area (Å²) in [5, 5.41) is 10.1. The molecule has 1 aliphatic heterocycles. The fraction of sp³-hybridized carbons (Fsp3) is 0.150. The van der Waals surface area contributed by atoms with Gasteiger partial charge in [-0.3, -0.25) is 4.79 Å². The number of nitrogens with zero attached hydrogens (tertiary/aromatic N) is 1. The fourth-order valence-electron chi connectivity index (χ4n) is 5.71. The molecule has 7 heteroatoms. The Morgan fingerprint density at radius 1 is 0.851 bits per heavy atom. The van der Waals surface area contributed by atoms with Crippen LogP contribution in [0.4, 0.5) is 0 Å². The van der Waals surface area contributed by atoms with E-state index in [2.05, 4.69) is 6.07 Å². The maximum Gasteiger partial charge on any atom is 0.323 e. The van der Waals surface area contributed by atoms with Gasteiger partial charge in [0.1, 0.15) is 35.7 Å². The van der Waals surface area contributed by atoms with Crippen LogP contribution in [0.1, 0.15) is 52.1 Å². The SMILES string of the molecule is CCOc1cc(C2C(C#N)=C(N)Oc3cc(OC(=O)C(c4ccccc4)c4ccccc4)ccc32)ccc1OCc1ccc(C)cc1. The van der Waals surface area contributed by atoms with Crippen molar-refractivity contribution < 1.29 is 23.7 Å². The second kappa shape index (κ2) is 14.0. The maximum atomic E-state index is 13.7. The van der Waals surface area contributed by atoms with Crippen LogP contribution < -0.4 is 24.7 Å². The molecule has 47 heavy (non-hydrogen) atoms. The molecule has 0 amide bonds. The van der Waals surface area contributed by atoms with E-state index in [-0.39, 0.29) is 11.5 Å². The van der Waals surface area contributed by atoms with E-state index in [4.69, 9.17) is 24.7 Å². The van der Waals surface area contributed by atoms with Crippen molar-refractivity contribution in [2.24, 2.45) is 5.73 Å². The first kappa shape index (κ1) is 31.0. The van der Waals surface area contributed by atoms with Crippen LogP contribution in [0.3, 0.4) is 0 Å². The van der Waals surface area contributed by atoms with Crippen molar-refractivity contribution in [2.75, 3.05) is 6.61 Å². The molecule has 2 N–H and O–H groups in total. The molecule has 5 aromatic carbocycles. The van der Waals surface area contributed by atoms with Gasteiger partial charge >= 0.3 is 5.97 Å². The van der Waals surface area contributed by atoms with Crippen molar-refractivity contribution in [1.29, 1.82) is 5.26 Å². The zero-order chi connectivity index (χ0) is 32.8. The van der Waals surface area contributed by atoms with Gasteiger partial charge in [0.2, 0.25) is 5.88 Å². The zero-order valence-corrected chi connectivity index (χ0v) is 26.2. The summed E-state index contributed by atoms with van der Waals surface area (Å²) >= 11 is 0. The molecule has 0 fully saturated rings. The van der Waals surface area contributed by atoms with Crippen molar-refractivity contribution in [3.05, 3.63) is 166 Å². The van der Waals surface area contributed by atoms with Gasteiger partial charge in [-0.1, -0.05) is 103 Å². The third-order valence-corrected chi connectivity index (χ3v) is 8.03. The standard InChI is InChI=1S/C40H34N2O5/c1-3-44-36-22-30(18-21-34(36)45-25-27-16-14-26(2)15-17-27)38-32-20-19-31(23-35(32)47-39(42)33(38)24-41)46-40(43)37(28-10-6-4-7-11-28)29-12-8-5-9-13-29/h4-23,37-38H,3,25,42H2,1-2H3. The van der Waals surface area contributed by atoms with Crippen LogP contribution >= 0.6 is 0 Å². The van der Waals surface area contributed by atoms with E-state index in [9.17, 15) is 10.1 Å². The second-order valence-corrected chi connectivity index (χ2v) is 11.2. The summed E-state index contributed by atoms with van der Waals surface area (Å²) in [6, 6.07) is 40.2. The number of hydrogen-bond donors (Lipinski definition) is 1. The summed E-state index contributed by atoms with van der Waals surface area (Å²) < 4.78 is 24.0. The Balaban J connectivity index is 1.29. The number of benzene rings is 5. The molecule has 7 nitrogen and oxygen atoms in total. The maximum absolute atomic E-state index is 13.7. The summed E-state index contributed by atoms with van der Waals surface area (Å²) in [7, 11) is 0. The lowest BCUT2D eigenvalue weighted by atomic mass is 9.83. The van der Waals surface area contributed by atoms with Crippen molar-refractivity contribution >= 4 is 5.97 Å². The minimum atomic E-state index is -0.624. The topological polar surface area (TPSA) is 104 Å². The zero-order valence-electron chi connectivity index (χ0n) is 26.2. The van der Waals surface area contributed by atoms with Crippen molar-refractivity contribution in [1.82, 2.24) is 0 Å². The van der Waals surface area contributed by atoms with Gasteiger partial charge < -0.3 is 24.7 Å². The van der Waals surface area contributed by atoms with Crippen LogP contribution in [-0.2, 0) is 11.4 Å². The van der Waals surface area contributed by atoms with Gasteiger partial charge in [-0.15, -0.1) is 0 Å². The highest BCUT2D eigenvalue weighted by atomic mass is 16.5. The molecule has 0 aliphatic carbocycles. The Morgan fingerprint density at radius 2 is 1.53 bits per heavy atom. The molecule has 1 aliphatic rings. The first-order valence-corrected chi connectivity index (χ1v) is 15.4. The van der Waals surface area contributed by atoms with Gasteiger partial charge in [0, 0.05) is 11.6 Å². The summed E-state index contributed by atoms with van der Waals surface area (Å²) in [6.45, 7) is 4.76. The number of ether oxygens (including phenoxy) is 4. The number of carbonyl (C=O) groups excluding carboxylic acids is 1. The highest BCUT2D eigenvalue weighted by Crippen LogP contribution is 2.45. The quantitative estimate of drug-likeness (QED) is 0.125. The lowest BCUT2D eigenvalue weighted by molar-refractivity contribution is -0.135. The van der Waals surface area contributed by atoms with Crippen LogP contribution in [0.25, 0.3) is 0 Å². The third-order valence-electron chi connectivity index (χ3n) is 8.03. The number of aryl methyl sites for hydroxylation is 1. The van der Waals surface area contributed by atoms with E-state index in [0.29, 0.717) is 41.8 Å². The number of esters is 1. The molecular weight excluding hydrogens is 588 g/mol. The van der Waals surface area contributed by atoms with E-state index in [1.165, 1.54) is 5.56 Å². The fourth-order valence-corrected chi connectivity index (χ4v) is 5.71. The van der Waals surface area contributed by atoms with Crippen LogP contribution in [-0.4, -0.2) is 12.6 Å². The Bertz CT molecular complexity index is 1910. The molecule has 0 spiro atoms. The summed E-state index contributed by atoms with van der Waals surface area (Å²) in [6.07, 6.45) is 0. The van der Waals surface area contributed by atoms with Crippen molar-refractivity contribution in [3.63, 3.8) is 0 Å². The molecule has 234 valence electrons. The monoisotopic (exact) mass is 622 g/mol. The van der Waals surface area contributed by atoms with Gasteiger partial charge in [0.15, 0.2) is 11.5 Å². The van der Waals surface area contributed by atoms with E-state index in [1.54, 1.807) is 18.2 Å².